The van der Waals surface area contributed by atoms with Gasteiger partial charge in [0.25, 0.3) is 0 Å². The van der Waals surface area contributed by atoms with Crippen molar-refractivity contribution in [3.8, 4) is 0 Å². The number of hydrogen-bond acceptors (Lipinski definition) is 2. The number of amides is 1. The second kappa shape index (κ2) is 5.86. The molecular formula is C16H21BrN2O. The summed E-state index contributed by atoms with van der Waals surface area (Å²) in [5, 5.41) is 3.20. The van der Waals surface area contributed by atoms with Gasteiger partial charge in [0.2, 0.25) is 5.91 Å². The summed E-state index contributed by atoms with van der Waals surface area (Å²) < 4.78 is 1.10. The van der Waals surface area contributed by atoms with Crippen LogP contribution < -0.4 is 5.32 Å². The van der Waals surface area contributed by atoms with Crippen molar-refractivity contribution in [2.75, 3.05) is 20.1 Å². The van der Waals surface area contributed by atoms with Crippen LogP contribution in [0.25, 0.3) is 0 Å². The quantitative estimate of drug-likeness (QED) is 0.916. The number of hydrogen-bond donors (Lipinski definition) is 1. The molecule has 20 heavy (non-hydrogen) atoms. The number of carbonyl (C=O) groups excluding carboxylic acids is 1. The standard InChI is InChI=1S/C16H21BrN2O/c1-18-10-13-3-2-8-19(13)16(20)15-9-14(15)11-4-6-12(17)7-5-11/h4-7,13-15,18H,2-3,8-10H2,1H3. The Morgan fingerprint density at radius 2 is 2.15 bits per heavy atom. The predicted molar refractivity (Wildman–Crippen MR) is 83.7 cm³/mol. The van der Waals surface area contributed by atoms with Crippen LogP contribution in [-0.4, -0.2) is 37.0 Å². The Kier molecular flexibility index (Phi) is 4.13. The third-order valence-electron chi connectivity index (χ3n) is 4.51. The average molecular weight is 337 g/mol. The molecule has 0 radical (unpaired) electrons. The number of nitrogens with zero attached hydrogens (tertiary/aromatic N) is 1. The zero-order valence-electron chi connectivity index (χ0n) is 11.8. The largest absolute Gasteiger partial charge is 0.338 e. The summed E-state index contributed by atoms with van der Waals surface area (Å²) in [5.41, 5.74) is 1.30. The second-order valence-electron chi connectivity index (χ2n) is 5.89. The number of likely N-dealkylation sites (N-methyl/N-ethyl adjacent to an activating group) is 1. The highest BCUT2D eigenvalue weighted by atomic mass is 79.9. The normalized spacial score (nSPS) is 28.7. The zero-order valence-corrected chi connectivity index (χ0v) is 13.4. The topological polar surface area (TPSA) is 32.3 Å². The Labute approximate surface area is 128 Å². The first-order valence-electron chi connectivity index (χ1n) is 7.41. The van der Waals surface area contributed by atoms with Crippen molar-refractivity contribution in [2.24, 2.45) is 5.92 Å². The number of rotatable bonds is 4. The van der Waals surface area contributed by atoms with E-state index in [-0.39, 0.29) is 5.92 Å². The molecule has 0 bridgehead atoms. The minimum atomic E-state index is 0.216. The van der Waals surface area contributed by atoms with Gasteiger partial charge in [-0.3, -0.25) is 4.79 Å². The van der Waals surface area contributed by atoms with Gasteiger partial charge in [0, 0.05) is 29.5 Å². The molecule has 4 heteroatoms. The molecule has 1 aliphatic carbocycles. The van der Waals surface area contributed by atoms with E-state index in [4.69, 9.17) is 0 Å². The third kappa shape index (κ3) is 2.77. The Balaban J connectivity index is 1.63. The molecule has 3 unspecified atom stereocenters. The van der Waals surface area contributed by atoms with Gasteiger partial charge >= 0.3 is 0 Å². The van der Waals surface area contributed by atoms with Crippen LogP contribution in [0.15, 0.2) is 28.7 Å². The van der Waals surface area contributed by atoms with Gasteiger partial charge in [-0.05, 0) is 49.9 Å². The summed E-state index contributed by atoms with van der Waals surface area (Å²) in [6.07, 6.45) is 3.30. The van der Waals surface area contributed by atoms with Crippen LogP contribution in [0.2, 0.25) is 0 Å². The zero-order chi connectivity index (χ0) is 14.1. The van der Waals surface area contributed by atoms with Gasteiger partial charge in [-0.1, -0.05) is 28.1 Å². The van der Waals surface area contributed by atoms with Gasteiger partial charge in [0.15, 0.2) is 0 Å². The van der Waals surface area contributed by atoms with E-state index in [1.807, 2.05) is 7.05 Å². The van der Waals surface area contributed by atoms with Crippen LogP contribution in [0.3, 0.4) is 0 Å². The monoisotopic (exact) mass is 336 g/mol. The summed E-state index contributed by atoms with van der Waals surface area (Å²) in [6, 6.07) is 8.80. The molecule has 108 valence electrons. The van der Waals surface area contributed by atoms with Gasteiger partial charge in [-0.2, -0.15) is 0 Å². The maximum atomic E-state index is 12.6. The fraction of sp³-hybridized carbons (Fsp3) is 0.562. The maximum absolute atomic E-state index is 12.6. The van der Waals surface area contributed by atoms with E-state index in [0.29, 0.717) is 17.9 Å². The van der Waals surface area contributed by atoms with E-state index in [0.717, 1.165) is 36.8 Å². The first-order chi connectivity index (χ1) is 9.70. The van der Waals surface area contributed by atoms with E-state index >= 15 is 0 Å². The molecule has 2 fully saturated rings. The molecule has 1 heterocycles. The van der Waals surface area contributed by atoms with Gasteiger partial charge in [-0.25, -0.2) is 0 Å². The van der Waals surface area contributed by atoms with Crippen molar-refractivity contribution >= 4 is 21.8 Å². The van der Waals surface area contributed by atoms with Gasteiger partial charge in [0.1, 0.15) is 0 Å². The fourth-order valence-electron chi connectivity index (χ4n) is 3.33. The number of nitrogens with one attached hydrogen (secondary N) is 1. The molecule has 1 aromatic carbocycles. The van der Waals surface area contributed by atoms with E-state index in [9.17, 15) is 4.79 Å². The molecule has 3 rings (SSSR count). The summed E-state index contributed by atoms with van der Waals surface area (Å²) in [6.45, 7) is 1.86. The highest BCUT2D eigenvalue weighted by Crippen LogP contribution is 2.49. The van der Waals surface area contributed by atoms with Crippen LogP contribution in [0.5, 0.6) is 0 Å². The molecule has 0 spiro atoms. The maximum Gasteiger partial charge on any atom is 0.226 e. The Bertz CT molecular complexity index is 488. The lowest BCUT2D eigenvalue weighted by molar-refractivity contribution is -0.133. The highest BCUT2D eigenvalue weighted by molar-refractivity contribution is 9.10. The highest BCUT2D eigenvalue weighted by Gasteiger charge is 2.47. The Morgan fingerprint density at radius 3 is 2.85 bits per heavy atom. The average Bonchev–Trinajstić information content (AvgIpc) is 3.11. The van der Waals surface area contributed by atoms with Crippen LogP contribution in [-0.2, 0) is 4.79 Å². The van der Waals surface area contributed by atoms with E-state index in [1.54, 1.807) is 0 Å². The minimum absolute atomic E-state index is 0.216. The molecule has 3 nitrogen and oxygen atoms in total. The van der Waals surface area contributed by atoms with E-state index in [2.05, 4.69) is 50.4 Å². The van der Waals surface area contributed by atoms with Crippen molar-refractivity contribution in [1.82, 2.24) is 10.2 Å². The molecule has 0 aromatic heterocycles. The second-order valence-corrected chi connectivity index (χ2v) is 6.80. The van der Waals surface area contributed by atoms with Crippen molar-refractivity contribution in [2.45, 2.75) is 31.2 Å². The smallest absolute Gasteiger partial charge is 0.226 e. The Morgan fingerprint density at radius 1 is 1.40 bits per heavy atom. The first kappa shape index (κ1) is 14.1. The van der Waals surface area contributed by atoms with Crippen LogP contribution in [0.4, 0.5) is 0 Å². The lowest BCUT2D eigenvalue weighted by atomic mass is 10.1. The molecule has 1 saturated heterocycles. The summed E-state index contributed by atoms with van der Waals surface area (Å²) in [5.74, 6) is 1.02. The van der Waals surface area contributed by atoms with Crippen LogP contribution in [0.1, 0.15) is 30.7 Å². The van der Waals surface area contributed by atoms with Gasteiger partial charge in [-0.15, -0.1) is 0 Å². The molecule has 1 saturated carbocycles. The molecular weight excluding hydrogens is 316 g/mol. The van der Waals surface area contributed by atoms with Gasteiger partial charge < -0.3 is 10.2 Å². The number of likely N-dealkylation sites (tertiary alicyclic amines) is 1. The minimum Gasteiger partial charge on any atom is -0.338 e. The molecule has 1 aliphatic heterocycles. The molecule has 3 atom stereocenters. The molecule has 1 amide bonds. The third-order valence-corrected chi connectivity index (χ3v) is 5.03. The lowest BCUT2D eigenvalue weighted by Gasteiger charge is -2.24. The Hall–Kier alpha value is -0.870. The summed E-state index contributed by atoms with van der Waals surface area (Å²) in [4.78, 5) is 14.7. The summed E-state index contributed by atoms with van der Waals surface area (Å²) in [7, 11) is 1.96. The number of benzene rings is 1. The number of halogens is 1. The van der Waals surface area contributed by atoms with Crippen molar-refractivity contribution in [1.29, 1.82) is 0 Å². The van der Waals surface area contributed by atoms with Crippen molar-refractivity contribution in [3.05, 3.63) is 34.3 Å². The fourth-order valence-corrected chi connectivity index (χ4v) is 3.60. The molecule has 1 aromatic rings. The summed E-state index contributed by atoms with van der Waals surface area (Å²) >= 11 is 3.46. The predicted octanol–water partition coefficient (Wildman–Crippen LogP) is 2.76. The first-order valence-corrected chi connectivity index (χ1v) is 8.20. The van der Waals surface area contributed by atoms with Crippen molar-refractivity contribution < 1.29 is 4.79 Å². The van der Waals surface area contributed by atoms with Crippen LogP contribution in [0, 0.1) is 5.92 Å². The lowest BCUT2D eigenvalue weighted by Crippen LogP contribution is -2.41. The van der Waals surface area contributed by atoms with Crippen molar-refractivity contribution in [3.63, 3.8) is 0 Å². The van der Waals surface area contributed by atoms with E-state index < -0.39 is 0 Å². The SMILES string of the molecule is CNCC1CCCN1C(=O)C1CC1c1ccc(Br)cc1. The molecule has 1 N–H and O–H groups in total. The molecule has 2 aliphatic rings. The van der Waals surface area contributed by atoms with E-state index in [1.165, 1.54) is 5.56 Å². The van der Waals surface area contributed by atoms with Crippen LogP contribution >= 0.6 is 15.9 Å². The number of carbonyl (C=O) groups is 1. The van der Waals surface area contributed by atoms with Gasteiger partial charge in [0.05, 0.1) is 0 Å².